The molecule has 1 saturated heterocycles. The predicted octanol–water partition coefficient (Wildman–Crippen LogP) is 8.54. The largest absolute Gasteiger partial charge is 0.507 e. The van der Waals surface area contributed by atoms with Crippen LogP contribution in [0.4, 0.5) is 5.82 Å². The number of nitrogens with one attached hydrogen (secondary N) is 3. The molecule has 4 aliphatic heterocycles. The molecule has 2 aromatic carbocycles. The Hall–Kier alpha value is -5.68. The van der Waals surface area contributed by atoms with Gasteiger partial charge < -0.3 is 55.4 Å². The number of carbonyl (C=O) groups excluding carboxylic acids is 2. The van der Waals surface area contributed by atoms with Gasteiger partial charge in [0, 0.05) is 62.7 Å². The van der Waals surface area contributed by atoms with Crippen LogP contribution in [0.1, 0.15) is 194 Å². The molecule has 8 bridgehead atoms. The van der Waals surface area contributed by atoms with E-state index < -0.39 is 69.7 Å². The maximum absolute atomic E-state index is 15.4. The standard InChI is InChI=1S/C64H69N5O10/c1-31-20-36-45(41(70)21-31)51(73)47-42-22-34-33(46(47)50(36)72)11-19-65-56(34)66-27-44(71)62-29-59(14-6-7-15-59)25-38(62)35-23-43(61-16-3-2-8-32(61)9-10-40-53(61)68-30-67-40)69-49(35)37-24-63(78-42)54(75)52(74)55(76)64(79-63)48(37)39(62)26-60(57(64)77)18-17-58(28-60)12-4-5-13-58/h11,19-24,30,32,38,44,52,54-55,57,69-71,74-77H,2-10,12-18,25-29H2,1H3,(H,65,66)(H,67,68). The monoisotopic (exact) mass is 1070 g/mol. The van der Waals surface area contributed by atoms with Gasteiger partial charge in [0.2, 0.25) is 5.78 Å². The van der Waals surface area contributed by atoms with Crippen molar-refractivity contribution in [3.05, 3.63) is 116 Å². The summed E-state index contributed by atoms with van der Waals surface area (Å²) >= 11 is 0. The number of pyridine rings is 1. The van der Waals surface area contributed by atoms with Crippen molar-refractivity contribution < 1.29 is 49.7 Å². The van der Waals surface area contributed by atoms with Crippen molar-refractivity contribution >= 4 is 33.7 Å². The number of imidazole rings is 1. The van der Waals surface area contributed by atoms with Gasteiger partial charge in [-0.1, -0.05) is 44.1 Å². The Morgan fingerprint density at radius 1 is 0.785 bits per heavy atom. The number of aryl methyl sites for hydroxylation is 2. The van der Waals surface area contributed by atoms with Gasteiger partial charge in [-0.3, -0.25) is 9.59 Å². The Balaban J connectivity index is 1.00. The van der Waals surface area contributed by atoms with Gasteiger partial charge in [0.15, 0.2) is 17.5 Å². The lowest BCUT2D eigenvalue weighted by Crippen LogP contribution is -2.79. The zero-order valence-corrected chi connectivity index (χ0v) is 44.7. The summed E-state index contributed by atoms with van der Waals surface area (Å²) in [5.41, 5.74) is 2.50. The number of carbonyl (C=O) groups is 2. The Morgan fingerprint density at radius 2 is 1.58 bits per heavy atom. The highest BCUT2D eigenvalue weighted by Gasteiger charge is 2.77. The van der Waals surface area contributed by atoms with Crippen LogP contribution in [-0.4, -0.2) is 111 Å². The second-order valence-electron chi connectivity index (χ2n) is 27.4. The van der Waals surface area contributed by atoms with Crippen molar-refractivity contribution in [2.75, 3.05) is 11.9 Å². The number of aliphatic hydroxyl groups excluding tert-OH is 5. The van der Waals surface area contributed by atoms with Gasteiger partial charge in [0.05, 0.1) is 40.8 Å². The molecule has 7 heterocycles. The smallest absolute Gasteiger partial charge is 0.261 e. The fourth-order valence-corrected chi connectivity index (χ4v) is 20.7. The zero-order chi connectivity index (χ0) is 53.5. The molecular weight excluding hydrogens is 999 g/mol. The van der Waals surface area contributed by atoms with Gasteiger partial charge in [0.1, 0.15) is 29.5 Å². The van der Waals surface area contributed by atoms with E-state index in [9.17, 15) is 30.6 Å². The lowest BCUT2D eigenvalue weighted by molar-refractivity contribution is -0.366. The van der Waals surface area contributed by atoms with E-state index in [2.05, 4.69) is 21.4 Å². The SMILES string of the molecule is Cc1cc(O)c2c(c1)C(=O)c1c(c3cc4c(nccc14)NCC(O)C14CC5(CCCC5)CC1c1cc(C56CCCCC5CCc5[nH]cnc56)[nH]c1C1=CC5(O3)OC3(C1=C4CC1(CCC4(CCCC4)C1)C3O)C(O)C(O)C5O)C2=O. The molecular formula is C64H69N5O10. The highest BCUT2D eigenvalue weighted by Crippen LogP contribution is 2.77. The summed E-state index contributed by atoms with van der Waals surface area (Å²) in [5.74, 6) is -3.88. The molecule has 9 aliphatic carbocycles. The Bertz CT molecular complexity index is 3640. The summed E-state index contributed by atoms with van der Waals surface area (Å²) in [6, 6.07) is 8.69. The molecule has 6 fully saturated rings. The number of aromatic amines is 2. The first-order valence-electron chi connectivity index (χ1n) is 29.8. The van der Waals surface area contributed by atoms with Crippen LogP contribution in [0.3, 0.4) is 0 Å². The van der Waals surface area contributed by atoms with Crippen LogP contribution in [0, 0.1) is 34.5 Å². The number of H-pyrrole nitrogens is 2. The van der Waals surface area contributed by atoms with E-state index >= 15 is 9.59 Å². The molecule has 410 valence electrons. The number of phenols is 1. The lowest BCUT2D eigenvalue weighted by atomic mass is 9.50. The molecule has 9 N–H and O–H groups in total. The molecule has 5 aromatic rings. The third kappa shape index (κ3) is 5.75. The number of hydrogen-bond donors (Lipinski definition) is 9. The quantitative estimate of drug-likeness (QED) is 0.0751. The van der Waals surface area contributed by atoms with Crippen molar-refractivity contribution in [1.29, 1.82) is 0 Å². The van der Waals surface area contributed by atoms with Crippen LogP contribution in [-0.2, 0) is 16.6 Å². The second-order valence-corrected chi connectivity index (χ2v) is 27.4. The first-order chi connectivity index (χ1) is 38.1. The highest BCUT2D eigenvalue weighted by atomic mass is 16.7. The number of ether oxygens (including phenoxy) is 2. The third-order valence-electron chi connectivity index (χ3n) is 23.8. The van der Waals surface area contributed by atoms with Crippen molar-refractivity contribution in [3.63, 3.8) is 0 Å². The Morgan fingerprint density at radius 3 is 2.41 bits per heavy atom. The summed E-state index contributed by atoms with van der Waals surface area (Å²) in [4.78, 5) is 48.4. The molecule has 12 atom stereocenters. The van der Waals surface area contributed by atoms with E-state index in [-0.39, 0.29) is 57.0 Å². The fourth-order valence-electron chi connectivity index (χ4n) is 20.7. The summed E-state index contributed by atoms with van der Waals surface area (Å²) in [5, 5.41) is 83.9. The van der Waals surface area contributed by atoms with Gasteiger partial charge in [0.25, 0.3) is 5.79 Å². The summed E-state index contributed by atoms with van der Waals surface area (Å²) in [6.07, 6.45) is 15.1. The van der Waals surface area contributed by atoms with Gasteiger partial charge >= 0.3 is 0 Å². The number of rotatable bonds is 1. The summed E-state index contributed by atoms with van der Waals surface area (Å²) < 4.78 is 15.0. The molecule has 0 amide bonds. The minimum atomic E-state index is -2.45. The number of aromatic hydroxyl groups is 1. The Labute approximate surface area is 457 Å². The van der Waals surface area contributed by atoms with Gasteiger partial charge in [-0.15, -0.1) is 0 Å². The number of hydrogen-bond acceptors (Lipinski definition) is 13. The molecule has 15 heteroatoms. The molecule has 79 heavy (non-hydrogen) atoms. The van der Waals surface area contributed by atoms with Crippen LogP contribution in [0.2, 0.25) is 0 Å². The van der Waals surface area contributed by atoms with Gasteiger partial charge in [-0.25, -0.2) is 9.97 Å². The zero-order valence-electron chi connectivity index (χ0n) is 44.7. The van der Waals surface area contributed by atoms with Gasteiger partial charge in [-0.2, -0.15) is 0 Å². The molecule has 5 saturated carbocycles. The summed E-state index contributed by atoms with van der Waals surface area (Å²) in [7, 11) is 0. The number of phenolic OH excluding ortho intramolecular Hbond substituents is 1. The molecule has 12 unspecified atom stereocenters. The second kappa shape index (κ2) is 15.6. The number of aliphatic hydroxyl groups is 5. The average Bonchev–Trinajstić information content (AvgIpc) is 2.89. The predicted molar refractivity (Wildman–Crippen MR) is 290 cm³/mol. The van der Waals surface area contributed by atoms with Crippen molar-refractivity contribution in [3.8, 4) is 11.5 Å². The van der Waals surface area contributed by atoms with Crippen LogP contribution >= 0.6 is 0 Å². The van der Waals surface area contributed by atoms with Crippen molar-refractivity contribution in [2.45, 2.75) is 189 Å². The van der Waals surface area contributed by atoms with Crippen molar-refractivity contribution in [2.24, 2.45) is 27.6 Å². The van der Waals surface area contributed by atoms with E-state index in [1.54, 1.807) is 37.4 Å². The first kappa shape index (κ1) is 48.1. The minimum Gasteiger partial charge on any atom is -0.507 e. The van der Waals surface area contributed by atoms with E-state index in [1.807, 2.05) is 6.33 Å². The highest BCUT2D eigenvalue weighted by molar-refractivity contribution is 6.34. The summed E-state index contributed by atoms with van der Waals surface area (Å²) in [6.45, 7) is 1.77. The molecule has 15 nitrogen and oxygen atoms in total. The Kier molecular flexibility index (Phi) is 9.52. The lowest BCUT2D eigenvalue weighted by Gasteiger charge is -2.64. The van der Waals surface area contributed by atoms with Gasteiger partial charge in [-0.05, 0) is 178 Å². The van der Waals surface area contributed by atoms with E-state index in [1.165, 1.54) is 6.07 Å². The van der Waals surface area contributed by atoms with Crippen LogP contribution in [0.5, 0.6) is 11.5 Å². The van der Waals surface area contributed by atoms with Crippen LogP contribution in [0.25, 0.3) is 16.3 Å². The number of fused-ring (bicyclic) bond motifs is 10. The topological polar surface area (TPSA) is 243 Å². The minimum absolute atomic E-state index is 0.0000628. The maximum atomic E-state index is 15.4. The maximum Gasteiger partial charge on any atom is 0.261 e. The number of nitrogens with zero attached hydrogens (tertiary/aromatic N) is 2. The average molecular weight is 1070 g/mol. The molecule has 0 radical (unpaired) electrons. The molecule has 13 aliphatic rings. The van der Waals surface area contributed by atoms with Crippen LogP contribution in [0.15, 0.2) is 60.1 Å². The number of ketones is 2. The third-order valence-corrected chi connectivity index (χ3v) is 23.8. The molecule has 6 spiro atoms. The molecule has 3 aromatic heterocycles. The normalized spacial score (nSPS) is 38.6. The first-order valence-corrected chi connectivity index (χ1v) is 29.8. The molecule has 18 rings (SSSR count). The number of aromatic nitrogens is 4. The van der Waals surface area contributed by atoms with E-state index in [4.69, 9.17) is 19.4 Å². The van der Waals surface area contributed by atoms with E-state index in [0.717, 1.165) is 137 Å². The van der Waals surface area contributed by atoms with E-state index in [0.29, 0.717) is 64.9 Å². The fraction of sp³-hybridized carbons (Fsp3) is 0.562. The number of benzene rings is 2. The van der Waals surface area contributed by atoms with Crippen LogP contribution < -0.4 is 10.1 Å². The number of anilines is 1. The van der Waals surface area contributed by atoms with Crippen molar-refractivity contribution in [1.82, 2.24) is 19.9 Å².